The number of ether oxygens (including phenoxy) is 1. The summed E-state index contributed by atoms with van der Waals surface area (Å²) >= 11 is 0. The van der Waals surface area contributed by atoms with E-state index < -0.39 is 0 Å². The Kier molecular flexibility index (Phi) is 4.08. The molecular weight excluding hydrogens is 244 g/mol. The standard InChI is InChI=1S/C12H18N6O/c1-8(19-3)4-11-15-10(5-12(16-11)17-13)9-6-14-18(2)7-9/h5-8H,4,13H2,1-3H3,(H,15,16,17). The Labute approximate surface area is 111 Å². The molecule has 0 aliphatic heterocycles. The van der Waals surface area contributed by atoms with Crippen LogP contribution < -0.4 is 11.3 Å². The minimum absolute atomic E-state index is 0.0507. The van der Waals surface area contributed by atoms with E-state index in [1.807, 2.05) is 20.2 Å². The number of nitrogen functional groups attached to an aromatic ring is 1. The fourth-order valence-corrected chi connectivity index (χ4v) is 1.70. The molecule has 3 N–H and O–H groups in total. The first-order chi connectivity index (χ1) is 9.12. The maximum atomic E-state index is 5.44. The molecule has 0 saturated heterocycles. The van der Waals surface area contributed by atoms with Crippen LogP contribution in [0.2, 0.25) is 0 Å². The lowest BCUT2D eigenvalue weighted by Crippen LogP contribution is -2.15. The zero-order chi connectivity index (χ0) is 13.8. The molecule has 0 radical (unpaired) electrons. The van der Waals surface area contributed by atoms with Gasteiger partial charge < -0.3 is 10.2 Å². The number of aryl methyl sites for hydroxylation is 1. The Morgan fingerprint density at radius 3 is 2.84 bits per heavy atom. The number of hydrogen-bond donors (Lipinski definition) is 2. The summed E-state index contributed by atoms with van der Waals surface area (Å²) in [5, 5.41) is 4.14. The van der Waals surface area contributed by atoms with Gasteiger partial charge in [-0.05, 0) is 6.92 Å². The van der Waals surface area contributed by atoms with Crippen molar-refractivity contribution in [2.24, 2.45) is 12.9 Å². The number of nitrogens with zero attached hydrogens (tertiary/aromatic N) is 4. The summed E-state index contributed by atoms with van der Waals surface area (Å²) < 4.78 is 6.96. The highest BCUT2D eigenvalue weighted by Gasteiger charge is 2.10. The van der Waals surface area contributed by atoms with Crippen LogP contribution in [-0.4, -0.2) is 33.0 Å². The molecule has 7 nitrogen and oxygen atoms in total. The molecule has 19 heavy (non-hydrogen) atoms. The van der Waals surface area contributed by atoms with Crippen LogP contribution in [0.3, 0.4) is 0 Å². The predicted molar refractivity (Wildman–Crippen MR) is 72.2 cm³/mol. The number of hydrazine groups is 1. The molecule has 0 spiro atoms. The van der Waals surface area contributed by atoms with E-state index in [1.54, 1.807) is 24.1 Å². The van der Waals surface area contributed by atoms with Crippen molar-refractivity contribution in [1.29, 1.82) is 0 Å². The first kappa shape index (κ1) is 13.4. The van der Waals surface area contributed by atoms with Crippen molar-refractivity contribution in [3.63, 3.8) is 0 Å². The maximum Gasteiger partial charge on any atom is 0.144 e. The van der Waals surface area contributed by atoms with Crippen molar-refractivity contribution in [1.82, 2.24) is 19.7 Å². The van der Waals surface area contributed by atoms with Gasteiger partial charge in [-0.2, -0.15) is 5.10 Å². The molecule has 0 amide bonds. The Balaban J connectivity index is 2.35. The van der Waals surface area contributed by atoms with Crippen molar-refractivity contribution in [3.05, 3.63) is 24.3 Å². The third kappa shape index (κ3) is 3.27. The van der Waals surface area contributed by atoms with Crippen LogP contribution in [0.1, 0.15) is 12.7 Å². The number of methoxy groups -OCH3 is 1. The van der Waals surface area contributed by atoms with Crippen LogP contribution in [0.4, 0.5) is 5.82 Å². The molecule has 2 aromatic rings. The normalized spacial score (nSPS) is 12.4. The molecule has 0 aromatic carbocycles. The maximum absolute atomic E-state index is 5.44. The molecule has 2 rings (SSSR count). The van der Waals surface area contributed by atoms with Gasteiger partial charge >= 0.3 is 0 Å². The van der Waals surface area contributed by atoms with E-state index >= 15 is 0 Å². The Hall–Kier alpha value is -1.99. The van der Waals surface area contributed by atoms with Crippen LogP contribution in [0.15, 0.2) is 18.5 Å². The summed E-state index contributed by atoms with van der Waals surface area (Å²) in [7, 11) is 3.53. The highest BCUT2D eigenvalue weighted by Crippen LogP contribution is 2.19. The number of rotatable bonds is 5. The lowest BCUT2D eigenvalue weighted by molar-refractivity contribution is 0.117. The quantitative estimate of drug-likeness (QED) is 0.610. The van der Waals surface area contributed by atoms with Gasteiger partial charge in [0, 0.05) is 38.4 Å². The van der Waals surface area contributed by atoms with Gasteiger partial charge in [0.2, 0.25) is 0 Å². The Morgan fingerprint density at radius 2 is 2.26 bits per heavy atom. The van der Waals surface area contributed by atoms with Gasteiger partial charge in [-0.3, -0.25) is 4.68 Å². The molecule has 0 aliphatic carbocycles. The highest BCUT2D eigenvalue weighted by molar-refractivity contribution is 5.60. The van der Waals surface area contributed by atoms with Crippen molar-refractivity contribution < 1.29 is 4.74 Å². The van der Waals surface area contributed by atoms with Gasteiger partial charge in [-0.15, -0.1) is 0 Å². The van der Waals surface area contributed by atoms with Gasteiger partial charge in [-0.25, -0.2) is 15.8 Å². The van der Waals surface area contributed by atoms with Crippen molar-refractivity contribution >= 4 is 5.82 Å². The largest absolute Gasteiger partial charge is 0.381 e. The Bertz CT molecular complexity index is 553. The zero-order valence-corrected chi connectivity index (χ0v) is 11.3. The average molecular weight is 262 g/mol. The molecule has 0 fully saturated rings. The van der Waals surface area contributed by atoms with Gasteiger partial charge in [0.25, 0.3) is 0 Å². The highest BCUT2D eigenvalue weighted by atomic mass is 16.5. The lowest BCUT2D eigenvalue weighted by Gasteiger charge is -2.10. The Morgan fingerprint density at radius 1 is 1.47 bits per heavy atom. The zero-order valence-electron chi connectivity index (χ0n) is 11.3. The van der Waals surface area contributed by atoms with Crippen molar-refractivity contribution in [2.75, 3.05) is 12.5 Å². The van der Waals surface area contributed by atoms with Gasteiger partial charge in [0.05, 0.1) is 18.0 Å². The van der Waals surface area contributed by atoms with E-state index in [0.29, 0.717) is 18.1 Å². The van der Waals surface area contributed by atoms with E-state index in [2.05, 4.69) is 20.5 Å². The number of hydrogen-bond acceptors (Lipinski definition) is 6. The topological polar surface area (TPSA) is 90.9 Å². The van der Waals surface area contributed by atoms with Crippen LogP contribution >= 0.6 is 0 Å². The third-order valence-corrected chi connectivity index (χ3v) is 2.79. The van der Waals surface area contributed by atoms with E-state index in [1.165, 1.54) is 0 Å². The second-order valence-corrected chi connectivity index (χ2v) is 4.35. The van der Waals surface area contributed by atoms with Gasteiger partial charge in [0.1, 0.15) is 11.6 Å². The SMILES string of the molecule is COC(C)Cc1nc(NN)cc(-c2cnn(C)c2)n1. The molecule has 102 valence electrons. The second kappa shape index (κ2) is 5.77. The first-order valence-electron chi connectivity index (χ1n) is 5.98. The van der Waals surface area contributed by atoms with Crippen LogP contribution in [0, 0.1) is 0 Å². The molecule has 7 heteroatoms. The fourth-order valence-electron chi connectivity index (χ4n) is 1.70. The van der Waals surface area contributed by atoms with E-state index in [4.69, 9.17) is 10.6 Å². The summed E-state index contributed by atoms with van der Waals surface area (Å²) in [6, 6.07) is 1.79. The molecule has 0 saturated carbocycles. The van der Waals surface area contributed by atoms with E-state index in [-0.39, 0.29) is 6.10 Å². The molecule has 0 bridgehead atoms. The molecule has 1 unspecified atom stereocenters. The van der Waals surface area contributed by atoms with Crippen LogP contribution in [-0.2, 0) is 18.2 Å². The van der Waals surface area contributed by atoms with E-state index in [9.17, 15) is 0 Å². The number of nitrogens with one attached hydrogen (secondary N) is 1. The average Bonchev–Trinajstić information content (AvgIpc) is 2.85. The minimum Gasteiger partial charge on any atom is -0.381 e. The summed E-state index contributed by atoms with van der Waals surface area (Å²) in [5.74, 6) is 6.70. The smallest absolute Gasteiger partial charge is 0.144 e. The molecule has 2 heterocycles. The number of anilines is 1. The fraction of sp³-hybridized carbons (Fsp3) is 0.417. The molecular formula is C12H18N6O. The second-order valence-electron chi connectivity index (χ2n) is 4.35. The first-order valence-corrected chi connectivity index (χ1v) is 5.98. The summed E-state index contributed by atoms with van der Waals surface area (Å²) in [6.45, 7) is 1.97. The van der Waals surface area contributed by atoms with E-state index in [0.717, 1.165) is 11.3 Å². The number of nitrogens with two attached hydrogens (primary N) is 1. The minimum atomic E-state index is 0.0507. The summed E-state index contributed by atoms with van der Waals surface area (Å²) in [4.78, 5) is 8.83. The van der Waals surface area contributed by atoms with Crippen LogP contribution in [0.25, 0.3) is 11.3 Å². The van der Waals surface area contributed by atoms with Gasteiger partial charge in [-0.1, -0.05) is 0 Å². The summed E-state index contributed by atoms with van der Waals surface area (Å²) in [6.07, 6.45) is 4.33. The molecule has 0 aliphatic rings. The monoisotopic (exact) mass is 262 g/mol. The summed E-state index contributed by atoms with van der Waals surface area (Å²) in [5.41, 5.74) is 4.27. The molecule has 1 atom stereocenters. The third-order valence-electron chi connectivity index (χ3n) is 2.79. The number of aromatic nitrogens is 4. The van der Waals surface area contributed by atoms with Gasteiger partial charge in [0.15, 0.2) is 0 Å². The van der Waals surface area contributed by atoms with Crippen LogP contribution in [0.5, 0.6) is 0 Å². The van der Waals surface area contributed by atoms with Crippen molar-refractivity contribution in [2.45, 2.75) is 19.4 Å². The van der Waals surface area contributed by atoms with Crippen molar-refractivity contribution in [3.8, 4) is 11.3 Å². The lowest BCUT2D eigenvalue weighted by atomic mass is 10.2. The molecule has 2 aromatic heterocycles. The predicted octanol–water partition coefficient (Wildman–Crippen LogP) is 0.740.